The Morgan fingerprint density at radius 1 is 0.491 bits per heavy atom. The van der Waals surface area contributed by atoms with Crippen LogP contribution in [-0.2, 0) is 5.41 Å². The lowest BCUT2D eigenvalue weighted by Crippen LogP contribution is -2.55. The third kappa shape index (κ3) is 4.04. The van der Waals surface area contributed by atoms with Crippen LogP contribution in [0.25, 0.3) is 58.8 Å². The van der Waals surface area contributed by atoms with Crippen molar-refractivity contribution in [2.24, 2.45) is 23.7 Å². The fourth-order valence-electron chi connectivity index (χ4n) is 12.7. The molecule has 2 heterocycles. The molecule has 55 heavy (non-hydrogen) atoms. The highest BCUT2D eigenvalue weighted by molar-refractivity contribution is 7.26. The Hall–Kier alpha value is -5.64. The topological polar surface area (TPSA) is 8.17 Å². The summed E-state index contributed by atoms with van der Waals surface area (Å²) in [6.45, 7) is 0. The number of thiophene rings is 1. The normalized spacial score (nSPS) is 23.3. The van der Waals surface area contributed by atoms with Gasteiger partial charge in [-0.3, -0.25) is 0 Å². The predicted octanol–water partition coefficient (Wildman–Crippen LogP) is 14.3. The summed E-state index contributed by atoms with van der Waals surface area (Å²) in [6, 6.07) is 59.9. The van der Waals surface area contributed by atoms with Gasteiger partial charge in [0.25, 0.3) is 0 Å². The summed E-state index contributed by atoms with van der Waals surface area (Å²) >= 11 is 1.91. The lowest BCUT2D eigenvalue weighted by atomic mass is 9.43. The number of anilines is 3. The van der Waals surface area contributed by atoms with Gasteiger partial charge in [-0.25, -0.2) is 0 Å². The summed E-state index contributed by atoms with van der Waals surface area (Å²) in [5, 5.41) is 5.22. The molecule has 1 spiro atoms. The molecule has 7 aromatic carbocycles. The minimum absolute atomic E-state index is 0.0947. The van der Waals surface area contributed by atoms with E-state index in [1.165, 1.54) is 108 Å². The van der Waals surface area contributed by atoms with Crippen molar-refractivity contribution in [3.8, 4) is 16.8 Å². The minimum Gasteiger partial charge on any atom is -0.309 e. The molecule has 0 aliphatic heterocycles. The molecule has 0 saturated heterocycles. The van der Waals surface area contributed by atoms with Crippen molar-refractivity contribution in [2.75, 3.05) is 4.90 Å². The van der Waals surface area contributed by atoms with Gasteiger partial charge in [-0.05, 0) is 139 Å². The highest BCUT2D eigenvalue weighted by Crippen LogP contribution is 2.69. The van der Waals surface area contributed by atoms with Crippen LogP contribution in [0.1, 0.15) is 43.2 Å². The zero-order valence-electron chi connectivity index (χ0n) is 30.7. The van der Waals surface area contributed by atoms with Gasteiger partial charge in [0, 0.05) is 47.7 Å². The summed E-state index contributed by atoms with van der Waals surface area (Å²) in [5.74, 6) is 3.25. The first kappa shape index (κ1) is 30.7. The summed E-state index contributed by atoms with van der Waals surface area (Å²) in [4.78, 5) is 2.64. The molecule has 4 bridgehead atoms. The van der Waals surface area contributed by atoms with E-state index in [-0.39, 0.29) is 5.41 Å². The second-order valence-electron chi connectivity index (χ2n) is 16.9. The molecular weight excluding hydrogens is 685 g/mol. The van der Waals surface area contributed by atoms with Crippen LogP contribution >= 0.6 is 11.3 Å². The predicted molar refractivity (Wildman–Crippen MR) is 232 cm³/mol. The van der Waals surface area contributed by atoms with Crippen LogP contribution < -0.4 is 4.90 Å². The molecule has 0 N–H and O–H groups in total. The molecule has 0 amide bonds. The van der Waals surface area contributed by atoms with Gasteiger partial charge in [-0.2, -0.15) is 0 Å². The average Bonchev–Trinajstić information content (AvgIpc) is 3.87. The SMILES string of the molecule is c1ccc(-n2c3ccccc3c3c(N(c4ccc5c(c4)C4(c6ccccc6-5)C5CC6CC(C5)CC4C6)c4cccc5sc6ccccc6c45)cccc32)cc1. The molecular formula is C52H40N2S. The maximum Gasteiger partial charge on any atom is 0.0562 e. The Kier molecular flexibility index (Phi) is 6.25. The minimum atomic E-state index is 0.0947. The Bertz CT molecular complexity index is 2990. The van der Waals surface area contributed by atoms with E-state index >= 15 is 0 Å². The molecule has 0 unspecified atom stereocenters. The first-order chi connectivity index (χ1) is 27.3. The second kappa shape index (κ2) is 11.2. The Morgan fingerprint density at radius 2 is 1.13 bits per heavy atom. The van der Waals surface area contributed by atoms with Crippen LogP contribution in [0.4, 0.5) is 17.1 Å². The summed E-state index contributed by atoms with van der Waals surface area (Å²) in [6.07, 6.45) is 6.99. The van der Waals surface area contributed by atoms with Gasteiger partial charge in [0.2, 0.25) is 0 Å². The van der Waals surface area contributed by atoms with Crippen LogP contribution in [0, 0.1) is 23.7 Å². The lowest BCUT2D eigenvalue weighted by Gasteiger charge is -2.61. The molecule has 3 heteroatoms. The van der Waals surface area contributed by atoms with Crippen molar-refractivity contribution in [2.45, 2.75) is 37.5 Å². The van der Waals surface area contributed by atoms with Gasteiger partial charge in [0.1, 0.15) is 0 Å². The maximum atomic E-state index is 2.67. The number of nitrogens with zero attached hydrogens (tertiary/aromatic N) is 2. The third-order valence-electron chi connectivity index (χ3n) is 14.3. The highest BCUT2D eigenvalue weighted by Gasteiger charge is 2.61. The van der Waals surface area contributed by atoms with Crippen molar-refractivity contribution < 1.29 is 0 Å². The molecule has 0 radical (unpaired) electrons. The molecule has 4 saturated carbocycles. The van der Waals surface area contributed by atoms with Gasteiger partial charge in [-0.1, -0.05) is 97.1 Å². The number of para-hydroxylation sites is 2. The molecule has 5 aliphatic carbocycles. The van der Waals surface area contributed by atoms with E-state index < -0.39 is 0 Å². The second-order valence-corrected chi connectivity index (χ2v) is 18.0. The third-order valence-corrected chi connectivity index (χ3v) is 15.5. The fraction of sp³-hybridized carbons (Fsp3) is 0.192. The zero-order valence-corrected chi connectivity index (χ0v) is 31.5. The van der Waals surface area contributed by atoms with E-state index in [2.05, 4.69) is 167 Å². The van der Waals surface area contributed by atoms with E-state index in [4.69, 9.17) is 0 Å². The van der Waals surface area contributed by atoms with Crippen LogP contribution in [0.15, 0.2) is 158 Å². The molecule has 5 aliphatic rings. The number of benzene rings is 7. The monoisotopic (exact) mass is 724 g/mol. The Balaban J connectivity index is 1.13. The first-order valence-corrected chi connectivity index (χ1v) is 21.1. The van der Waals surface area contributed by atoms with E-state index in [0.717, 1.165) is 11.8 Å². The van der Waals surface area contributed by atoms with Gasteiger partial charge in [0.05, 0.1) is 22.4 Å². The van der Waals surface area contributed by atoms with Crippen molar-refractivity contribution in [1.29, 1.82) is 0 Å². The Labute approximate surface area is 325 Å². The van der Waals surface area contributed by atoms with Gasteiger partial charge < -0.3 is 9.47 Å². The van der Waals surface area contributed by atoms with E-state index in [1.807, 2.05) is 11.3 Å². The average molecular weight is 725 g/mol. The fourth-order valence-corrected chi connectivity index (χ4v) is 13.8. The van der Waals surface area contributed by atoms with Crippen molar-refractivity contribution in [3.05, 3.63) is 169 Å². The molecule has 264 valence electrons. The number of fused-ring (bicyclic) bond motifs is 9. The van der Waals surface area contributed by atoms with E-state index in [9.17, 15) is 0 Å². The van der Waals surface area contributed by atoms with Crippen molar-refractivity contribution in [3.63, 3.8) is 0 Å². The van der Waals surface area contributed by atoms with Crippen LogP contribution in [0.3, 0.4) is 0 Å². The quantitative estimate of drug-likeness (QED) is 0.175. The standard InChI is InChI=1S/C52H40N2S/c1-2-12-36(13-3-1)53-44-18-8-5-15-40(44)50-45(53)19-10-20-46(50)54(47-21-11-23-49-51(47)41-16-6-9-22-48(41)55-49)37-24-25-39-38-14-4-7-17-42(38)52(43(39)31-37)34-27-32-26-33(29-34)30-35(52)28-32/h1-25,31-35H,26-30H2. The highest BCUT2D eigenvalue weighted by atomic mass is 32.1. The van der Waals surface area contributed by atoms with Crippen LogP contribution in [0.5, 0.6) is 0 Å². The first-order valence-electron chi connectivity index (χ1n) is 20.3. The van der Waals surface area contributed by atoms with Gasteiger partial charge in [0.15, 0.2) is 0 Å². The van der Waals surface area contributed by atoms with Crippen molar-refractivity contribution in [1.82, 2.24) is 4.57 Å². The molecule has 9 aromatic rings. The summed E-state index contributed by atoms with van der Waals surface area (Å²) in [7, 11) is 0. The van der Waals surface area contributed by atoms with Gasteiger partial charge >= 0.3 is 0 Å². The van der Waals surface area contributed by atoms with Gasteiger partial charge in [-0.15, -0.1) is 11.3 Å². The molecule has 2 aromatic heterocycles. The largest absolute Gasteiger partial charge is 0.309 e. The summed E-state index contributed by atoms with van der Waals surface area (Å²) in [5.41, 5.74) is 13.6. The lowest BCUT2D eigenvalue weighted by molar-refractivity contribution is -0.0399. The van der Waals surface area contributed by atoms with Crippen molar-refractivity contribution >= 4 is 70.4 Å². The zero-order chi connectivity index (χ0) is 35.8. The van der Waals surface area contributed by atoms with E-state index in [1.54, 1.807) is 11.1 Å². The number of aromatic nitrogens is 1. The van der Waals surface area contributed by atoms with E-state index in [0.29, 0.717) is 11.8 Å². The number of rotatable bonds is 4. The van der Waals surface area contributed by atoms with Crippen LogP contribution in [0.2, 0.25) is 0 Å². The maximum absolute atomic E-state index is 2.67. The molecule has 14 rings (SSSR count). The smallest absolute Gasteiger partial charge is 0.0562 e. The summed E-state index contributed by atoms with van der Waals surface area (Å²) < 4.78 is 5.12. The van der Waals surface area contributed by atoms with Crippen LogP contribution in [-0.4, -0.2) is 4.57 Å². The molecule has 2 nitrogen and oxygen atoms in total. The molecule has 0 atom stereocenters. The number of hydrogen-bond donors (Lipinski definition) is 0. The Morgan fingerprint density at radius 3 is 1.96 bits per heavy atom. The molecule has 4 fully saturated rings. The number of hydrogen-bond acceptors (Lipinski definition) is 2.